The molecule has 0 aromatic heterocycles. The Bertz CT molecular complexity index is 516. The normalized spacial score (nSPS) is 38.9. The molecule has 1 aromatic rings. The van der Waals surface area contributed by atoms with Crippen LogP contribution in [0.5, 0.6) is 5.75 Å². The SMILES string of the molecule is COc1ccccc1C(CN)C(O)C1C2C3CCC(C3)C21. The summed E-state index contributed by atoms with van der Waals surface area (Å²) in [5.74, 6) is 4.66. The first-order valence-corrected chi connectivity index (χ1v) is 8.27. The van der Waals surface area contributed by atoms with E-state index in [0.717, 1.165) is 35.0 Å². The molecule has 6 unspecified atom stereocenters. The molecule has 3 heteroatoms. The summed E-state index contributed by atoms with van der Waals surface area (Å²) in [4.78, 5) is 0. The molecule has 0 saturated heterocycles. The molecule has 3 aliphatic rings. The summed E-state index contributed by atoms with van der Waals surface area (Å²) in [5.41, 5.74) is 7.08. The lowest BCUT2D eigenvalue weighted by Gasteiger charge is -2.25. The van der Waals surface area contributed by atoms with Crippen LogP contribution < -0.4 is 10.5 Å². The lowest BCUT2D eigenvalue weighted by Crippen LogP contribution is -2.30. The van der Waals surface area contributed by atoms with E-state index in [0.29, 0.717) is 12.5 Å². The Kier molecular flexibility index (Phi) is 3.23. The van der Waals surface area contributed by atoms with E-state index >= 15 is 0 Å². The predicted molar refractivity (Wildman–Crippen MR) is 82.1 cm³/mol. The molecule has 3 saturated carbocycles. The van der Waals surface area contributed by atoms with Crippen molar-refractivity contribution in [1.82, 2.24) is 0 Å². The minimum atomic E-state index is -0.315. The van der Waals surface area contributed by atoms with Gasteiger partial charge in [0.2, 0.25) is 0 Å². The molecule has 4 rings (SSSR count). The summed E-state index contributed by atoms with van der Waals surface area (Å²) in [7, 11) is 1.69. The first-order valence-electron chi connectivity index (χ1n) is 8.27. The molecular formula is C18H25NO2. The van der Waals surface area contributed by atoms with E-state index in [1.165, 1.54) is 19.3 Å². The number of aliphatic hydroxyl groups excluding tert-OH is 1. The van der Waals surface area contributed by atoms with Gasteiger partial charge in [-0.25, -0.2) is 0 Å². The fourth-order valence-electron chi connectivity index (χ4n) is 5.54. The van der Waals surface area contributed by atoms with Gasteiger partial charge in [-0.2, -0.15) is 0 Å². The molecular weight excluding hydrogens is 262 g/mol. The Balaban J connectivity index is 1.57. The van der Waals surface area contributed by atoms with E-state index in [-0.39, 0.29) is 12.0 Å². The van der Waals surface area contributed by atoms with Gasteiger partial charge in [-0.15, -0.1) is 0 Å². The summed E-state index contributed by atoms with van der Waals surface area (Å²) < 4.78 is 5.46. The summed E-state index contributed by atoms with van der Waals surface area (Å²) in [6.45, 7) is 0.479. The number of hydrogen-bond donors (Lipinski definition) is 2. The van der Waals surface area contributed by atoms with Crippen molar-refractivity contribution in [1.29, 1.82) is 0 Å². The third-order valence-corrected chi connectivity index (χ3v) is 6.39. The summed E-state index contributed by atoms with van der Waals surface area (Å²) in [5, 5.41) is 11.0. The molecule has 3 N–H and O–H groups in total. The van der Waals surface area contributed by atoms with Crippen LogP contribution in [-0.4, -0.2) is 24.9 Å². The highest BCUT2D eigenvalue weighted by Crippen LogP contribution is 2.71. The van der Waals surface area contributed by atoms with Gasteiger partial charge in [0.05, 0.1) is 13.2 Å². The smallest absolute Gasteiger partial charge is 0.122 e. The van der Waals surface area contributed by atoms with Crippen LogP contribution in [0.25, 0.3) is 0 Å². The van der Waals surface area contributed by atoms with Crippen LogP contribution in [0.2, 0.25) is 0 Å². The molecule has 114 valence electrons. The van der Waals surface area contributed by atoms with Crippen LogP contribution in [0.4, 0.5) is 0 Å². The van der Waals surface area contributed by atoms with Crippen molar-refractivity contribution < 1.29 is 9.84 Å². The van der Waals surface area contributed by atoms with Gasteiger partial charge in [-0.05, 0) is 54.9 Å². The molecule has 2 bridgehead atoms. The highest BCUT2D eigenvalue weighted by atomic mass is 16.5. The third-order valence-electron chi connectivity index (χ3n) is 6.39. The molecule has 6 atom stereocenters. The van der Waals surface area contributed by atoms with Crippen molar-refractivity contribution >= 4 is 0 Å². The fraction of sp³-hybridized carbons (Fsp3) is 0.667. The van der Waals surface area contributed by atoms with Gasteiger partial charge in [-0.3, -0.25) is 0 Å². The molecule has 21 heavy (non-hydrogen) atoms. The van der Waals surface area contributed by atoms with Gasteiger partial charge in [0.25, 0.3) is 0 Å². The number of benzene rings is 1. The molecule has 3 nitrogen and oxygen atoms in total. The predicted octanol–water partition coefficient (Wildman–Crippen LogP) is 2.39. The number of rotatable bonds is 5. The van der Waals surface area contributed by atoms with Crippen LogP contribution in [0, 0.1) is 29.6 Å². The Morgan fingerprint density at radius 3 is 2.52 bits per heavy atom. The number of hydrogen-bond acceptors (Lipinski definition) is 3. The number of ether oxygens (including phenoxy) is 1. The first kappa shape index (κ1) is 13.6. The standard InChI is InChI=1S/C18H25NO2/c1-21-14-5-3-2-4-12(14)13(9-19)18(20)17-15-10-6-7-11(8-10)16(15)17/h2-5,10-11,13,15-18,20H,6-9,19H2,1H3. The van der Waals surface area contributed by atoms with Gasteiger partial charge in [0, 0.05) is 18.0 Å². The number of aliphatic hydroxyl groups is 1. The maximum atomic E-state index is 11.0. The monoisotopic (exact) mass is 287 g/mol. The first-order chi connectivity index (χ1) is 10.3. The van der Waals surface area contributed by atoms with E-state index in [4.69, 9.17) is 10.5 Å². The minimum Gasteiger partial charge on any atom is -0.496 e. The fourth-order valence-corrected chi connectivity index (χ4v) is 5.54. The van der Waals surface area contributed by atoms with Crippen LogP contribution in [0.3, 0.4) is 0 Å². The highest BCUT2D eigenvalue weighted by Gasteiger charge is 2.67. The van der Waals surface area contributed by atoms with Gasteiger partial charge >= 0.3 is 0 Å². The van der Waals surface area contributed by atoms with Gasteiger partial charge in [-0.1, -0.05) is 18.2 Å². The van der Waals surface area contributed by atoms with E-state index in [2.05, 4.69) is 0 Å². The zero-order chi connectivity index (χ0) is 14.6. The number of para-hydroxylation sites is 1. The van der Waals surface area contributed by atoms with E-state index in [1.807, 2.05) is 24.3 Å². The lowest BCUT2D eigenvalue weighted by molar-refractivity contribution is 0.101. The van der Waals surface area contributed by atoms with E-state index < -0.39 is 0 Å². The summed E-state index contributed by atoms with van der Waals surface area (Å²) in [6, 6.07) is 7.98. The van der Waals surface area contributed by atoms with E-state index in [9.17, 15) is 5.11 Å². The number of methoxy groups -OCH3 is 1. The molecule has 0 amide bonds. The van der Waals surface area contributed by atoms with Gasteiger partial charge in [0.15, 0.2) is 0 Å². The Morgan fingerprint density at radius 1 is 1.24 bits per heavy atom. The molecule has 0 spiro atoms. The second kappa shape index (κ2) is 4.99. The number of fused-ring (bicyclic) bond motifs is 5. The van der Waals surface area contributed by atoms with Crippen molar-refractivity contribution in [3.05, 3.63) is 29.8 Å². The molecule has 0 aliphatic heterocycles. The Morgan fingerprint density at radius 2 is 1.90 bits per heavy atom. The second-order valence-electron chi connectivity index (χ2n) is 7.14. The minimum absolute atomic E-state index is 0.00356. The zero-order valence-corrected chi connectivity index (χ0v) is 12.6. The third kappa shape index (κ3) is 1.94. The summed E-state index contributed by atoms with van der Waals surface area (Å²) in [6.07, 6.45) is 3.87. The Hall–Kier alpha value is -1.06. The maximum Gasteiger partial charge on any atom is 0.122 e. The molecule has 1 aromatic carbocycles. The largest absolute Gasteiger partial charge is 0.496 e. The van der Waals surface area contributed by atoms with Gasteiger partial charge in [0.1, 0.15) is 5.75 Å². The van der Waals surface area contributed by atoms with Crippen LogP contribution in [0.15, 0.2) is 24.3 Å². The molecule has 3 fully saturated rings. The maximum absolute atomic E-state index is 11.0. The van der Waals surface area contributed by atoms with Crippen LogP contribution in [-0.2, 0) is 0 Å². The van der Waals surface area contributed by atoms with Crippen LogP contribution >= 0.6 is 0 Å². The second-order valence-corrected chi connectivity index (χ2v) is 7.14. The average molecular weight is 287 g/mol. The molecule has 3 aliphatic carbocycles. The van der Waals surface area contributed by atoms with Crippen molar-refractivity contribution in [2.45, 2.75) is 31.3 Å². The summed E-state index contributed by atoms with van der Waals surface area (Å²) >= 11 is 0. The quantitative estimate of drug-likeness (QED) is 0.874. The van der Waals surface area contributed by atoms with Crippen LogP contribution in [0.1, 0.15) is 30.7 Å². The molecule has 0 radical (unpaired) electrons. The molecule has 0 heterocycles. The lowest BCUT2D eigenvalue weighted by atomic mass is 9.86. The average Bonchev–Trinajstić information content (AvgIpc) is 2.96. The van der Waals surface area contributed by atoms with Gasteiger partial charge < -0.3 is 15.6 Å². The number of nitrogens with two attached hydrogens (primary N) is 1. The topological polar surface area (TPSA) is 55.5 Å². The Labute approximate surface area is 126 Å². The van der Waals surface area contributed by atoms with Crippen molar-refractivity contribution in [2.75, 3.05) is 13.7 Å². The highest BCUT2D eigenvalue weighted by molar-refractivity contribution is 5.38. The van der Waals surface area contributed by atoms with Crippen molar-refractivity contribution in [2.24, 2.45) is 35.3 Å². The van der Waals surface area contributed by atoms with Crippen molar-refractivity contribution in [3.8, 4) is 5.75 Å². The van der Waals surface area contributed by atoms with E-state index in [1.54, 1.807) is 7.11 Å². The van der Waals surface area contributed by atoms with Crippen molar-refractivity contribution in [3.63, 3.8) is 0 Å². The zero-order valence-electron chi connectivity index (χ0n) is 12.6.